The standard InChI is InChI=1S/C10H14N4OS/c11-10-14-13-9(16-10)8(15)12-7-4-5-1-2-6(7)3-5/h5-7H,1-4H2,(H2,11,14)(H,12,15). The SMILES string of the molecule is Nc1nnc(C(=O)NC2CC3CCC2C3)s1. The second-order valence-corrected chi connectivity index (χ2v) is 5.71. The van der Waals surface area contributed by atoms with Gasteiger partial charge in [-0.25, -0.2) is 0 Å². The van der Waals surface area contributed by atoms with Gasteiger partial charge in [-0.3, -0.25) is 4.79 Å². The molecule has 16 heavy (non-hydrogen) atoms. The summed E-state index contributed by atoms with van der Waals surface area (Å²) in [4.78, 5) is 11.8. The summed E-state index contributed by atoms with van der Waals surface area (Å²) in [6, 6.07) is 0.344. The Kier molecular flexibility index (Phi) is 2.31. The number of amides is 1. The zero-order chi connectivity index (χ0) is 11.1. The number of anilines is 1. The van der Waals surface area contributed by atoms with Gasteiger partial charge in [-0.15, -0.1) is 10.2 Å². The van der Waals surface area contributed by atoms with Crippen molar-refractivity contribution in [1.82, 2.24) is 15.5 Å². The molecule has 0 aromatic carbocycles. The van der Waals surface area contributed by atoms with E-state index < -0.39 is 0 Å². The molecule has 3 N–H and O–H groups in total. The van der Waals surface area contributed by atoms with Gasteiger partial charge in [-0.1, -0.05) is 17.8 Å². The molecule has 5 nitrogen and oxygen atoms in total. The highest BCUT2D eigenvalue weighted by Gasteiger charge is 2.40. The van der Waals surface area contributed by atoms with Gasteiger partial charge < -0.3 is 11.1 Å². The Bertz CT molecular complexity index is 419. The number of hydrogen-bond acceptors (Lipinski definition) is 5. The van der Waals surface area contributed by atoms with Crippen LogP contribution in [0, 0.1) is 11.8 Å². The van der Waals surface area contributed by atoms with Gasteiger partial charge >= 0.3 is 0 Å². The summed E-state index contributed by atoms with van der Waals surface area (Å²) < 4.78 is 0. The molecular formula is C10H14N4OS. The van der Waals surface area contributed by atoms with Crippen molar-refractivity contribution in [2.45, 2.75) is 31.7 Å². The molecule has 3 unspecified atom stereocenters. The molecule has 2 aliphatic rings. The van der Waals surface area contributed by atoms with Crippen LogP contribution in [0.25, 0.3) is 0 Å². The van der Waals surface area contributed by atoms with Gasteiger partial charge in [0, 0.05) is 6.04 Å². The molecule has 2 fully saturated rings. The zero-order valence-corrected chi connectivity index (χ0v) is 9.67. The number of aromatic nitrogens is 2. The van der Waals surface area contributed by atoms with Crippen molar-refractivity contribution in [2.24, 2.45) is 11.8 Å². The summed E-state index contributed by atoms with van der Waals surface area (Å²) in [6.07, 6.45) is 5.00. The molecule has 0 aliphatic heterocycles. The average molecular weight is 238 g/mol. The van der Waals surface area contributed by atoms with Crippen LogP contribution in [0.5, 0.6) is 0 Å². The minimum absolute atomic E-state index is 0.119. The first-order chi connectivity index (χ1) is 7.72. The van der Waals surface area contributed by atoms with E-state index in [9.17, 15) is 4.79 Å². The molecule has 2 bridgehead atoms. The maximum absolute atomic E-state index is 11.8. The zero-order valence-electron chi connectivity index (χ0n) is 8.85. The highest BCUT2D eigenvalue weighted by molar-refractivity contribution is 7.16. The van der Waals surface area contributed by atoms with E-state index in [4.69, 9.17) is 5.73 Å². The van der Waals surface area contributed by atoms with Crippen LogP contribution in [0.15, 0.2) is 0 Å². The number of nitrogens with zero attached hydrogens (tertiary/aromatic N) is 2. The van der Waals surface area contributed by atoms with Gasteiger partial charge in [-0.2, -0.15) is 0 Å². The van der Waals surface area contributed by atoms with Gasteiger partial charge in [0.15, 0.2) is 0 Å². The lowest BCUT2D eigenvalue weighted by atomic mass is 9.95. The Labute approximate surface area is 97.4 Å². The minimum atomic E-state index is -0.119. The molecule has 2 aliphatic carbocycles. The molecule has 2 saturated carbocycles. The fourth-order valence-corrected chi connectivity index (χ4v) is 3.49. The third-order valence-corrected chi connectivity index (χ3v) is 4.44. The summed E-state index contributed by atoms with van der Waals surface area (Å²) in [7, 11) is 0. The molecule has 0 spiro atoms. The lowest BCUT2D eigenvalue weighted by Crippen LogP contribution is -2.38. The van der Waals surface area contributed by atoms with Gasteiger partial charge in [-0.05, 0) is 31.1 Å². The quantitative estimate of drug-likeness (QED) is 0.806. The first-order valence-corrected chi connectivity index (χ1v) is 6.44. The van der Waals surface area contributed by atoms with E-state index in [1.807, 2.05) is 0 Å². The Morgan fingerprint density at radius 3 is 2.81 bits per heavy atom. The van der Waals surface area contributed by atoms with Crippen LogP contribution in [0.1, 0.15) is 35.5 Å². The fraction of sp³-hybridized carbons (Fsp3) is 0.700. The van der Waals surface area contributed by atoms with Crippen LogP contribution in [0.3, 0.4) is 0 Å². The molecule has 6 heteroatoms. The summed E-state index contributed by atoms with van der Waals surface area (Å²) in [5.74, 6) is 1.39. The predicted molar refractivity (Wildman–Crippen MR) is 61.0 cm³/mol. The van der Waals surface area contributed by atoms with Crippen LogP contribution in [-0.2, 0) is 0 Å². The highest BCUT2D eigenvalue weighted by Crippen LogP contribution is 2.44. The summed E-state index contributed by atoms with van der Waals surface area (Å²) in [5.41, 5.74) is 5.45. The van der Waals surface area contributed by atoms with Crippen molar-refractivity contribution in [1.29, 1.82) is 0 Å². The van der Waals surface area contributed by atoms with Gasteiger partial charge in [0.05, 0.1) is 0 Å². The van der Waals surface area contributed by atoms with Crippen LogP contribution < -0.4 is 11.1 Å². The molecule has 3 atom stereocenters. The highest BCUT2D eigenvalue weighted by atomic mass is 32.1. The van der Waals surface area contributed by atoms with E-state index in [1.165, 1.54) is 19.3 Å². The lowest BCUT2D eigenvalue weighted by molar-refractivity contribution is 0.0922. The molecule has 0 radical (unpaired) electrons. The minimum Gasteiger partial charge on any atom is -0.374 e. The van der Waals surface area contributed by atoms with E-state index >= 15 is 0 Å². The average Bonchev–Trinajstić information content (AvgIpc) is 2.92. The van der Waals surface area contributed by atoms with E-state index in [-0.39, 0.29) is 5.91 Å². The summed E-state index contributed by atoms with van der Waals surface area (Å²) >= 11 is 1.14. The van der Waals surface area contributed by atoms with Gasteiger partial charge in [0.1, 0.15) is 0 Å². The number of carbonyl (C=O) groups is 1. The Balaban J connectivity index is 1.65. The Hall–Kier alpha value is -1.17. The van der Waals surface area contributed by atoms with Gasteiger partial charge in [0.25, 0.3) is 5.91 Å². The summed E-state index contributed by atoms with van der Waals surface area (Å²) in [6.45, 7) is 0. The van der Waals surface area contributed by atoms with Crippen LogP contribution in [0.4, 0.5) is 5.13 Å². The maximum Gasteiger partial charge on any atom is 0.282 e. The molecule has 1 heterocycles. The van der Waals surface area contributed by atoms with Crippen LogP contribution >= 0.6 is 11.3 Å². The number of nitrogens with one attached hydrogen (secondary N) is 1. The topological polar surface area (TPSA) is 80.9 Å². The van der Waals surface area contributed by atoms with Crippen molar-refractivity contribution in [3.63, 3.8) is 0 Å². The Morgan fingerprint density at radius 1 is 1.38 bits per heavy atom. The smallest absolute Gasteiger partial charge is 0.282 e. The summed E-state index contributed by atoms with van der Waals surface area (Å²) in [5, 5.41) is 11.2. The first kappa shape index (κ1) is 10.0. The molecule has 3 rings (SSSR count). The Morgan fingerprint density at radius 2 is 2.25 bits per heavy atom. The van der Waals surface area contributed by atoms with Crippen LogP contribution in [-0.4, -0.2) is 22.1 Å². The van der Waals surface area contributed by atoms with E-state index in [0.717, 1.165) is 23.7 Å². The van der Waals surface area contributed by atoms with Crippen molar-refractivity contribution in [3.8, 4) is 0 Å². The molecule has 1 aromatic heterocycles. The van der Waals surface area contributed by atoms with Gasteiger partial charge in [0.2, 0.25) is 10.1 Å². The largest absolute Gasteiger partial charge is 0.374 e. The van der Waals surface area contributed by atoms with E-state index in [1.54, 1.807) is 0 Å². The number of rotatable bonds is 2. The molecule has 1 aromatic rings. The maximum atomic E-state index is 11.8. The predicted octanol–water partition coefficient (Wildman–Crippen LogP) is 1.04. The normalized spacial score (nSPS) is 31.9. The second-order valence-electron chi connectivity index (χ2n) is 4.70. The first-order valence-electron chi connectivity index (χ1n) is 5.62. The van der Waals surface area contributed by atoms with Crippen molar-refractivity contribution in [2.75, 3.05) is 5.73 Å². The van der Waals surface area contributed by atoms with Crippen molar-refractivity contribution < 1.29 is 4.79 Å². The molecule has 1 amide bonds. The molecule has 86 valence electrons. The number of hydrogen-bond donors (Lipinski definition) is 2. The third-order valence-electron chi connectivity index (χ3n) is 3.69. The molecule has 0 saturated heterocycles. The van der Waals surface area contributed by atoms with E-state index in [0.29, 0.717) is 22.1 Å². The number of carbonyl (C=O) groups excluding carboxylic acids is 1. The lowest BCUT2D eigenvalue weighted by Gasteiger charge is -2.22. The number of fused-ring (bicyclic) bond motifs is 2. The molecular weight excluding hydrogens is 224 g/mol. The van der Waals surface area contributed by atoms with Crippen molar-refractivity contribution >= 4 is 22.4 Å². The fourth-order valence-electron chi connectivity index (χ4n) is 2.98. The monoisotopic (exact) mass is 238 g/mol. The number of nitrogen functional groups attached to an aromatic ring is 1. The van der Waals surface area contributed by atoms with Crippen LogP contribution in [0.2, 0.25) is 0 Å². The number of nitrogens with two attached hydrogens (primary N) is 1. The third kappa shape index (κ3) is 1.67. The van der Waals surface area contributed by atoms with Crippen molar-refractivity contribution in [3.05, 3.63) is 5.01 Å². The second kappa shape index (κ2) is 3.69. The van der Waals surface area contributed by atoms with E-state index in [2.05, 4.69) is 15.5 Å².